The summed E-state index contributed by atoms with van der Waals surface area (Å²) in [5.74, 6) is 1.06. The maximum absolute atomic E-state index is 11.9. The number of likely N-dealkylation sites (N-methyl/N-ethyl adjacent to an activating group) is 1. The average molecular weight is 336 g/mol. The minimum absolute atomic E-state index is 0.183. The Morgan fingerprint density at radius 1 is 1.30 bits per heavy atom. The van der Waals surface area contributed by atoms with Crippen LogP contribution in [0.4, 0.5) is 0 Å². The molecule has 2 rings (SSSR count). The van der Waals surface area contributed by atoms with Crippen LogP contribution >= 0.6 is 0 Å². The number of carbonyl (C=O) groups is 1. The van der Waals surface area contributed by atoms with Gasteiger partial charge in [0.05, 0.1) is 40.0 Å². The molecule has 1 aromatic rings. The molecular formula is C18H31N2O2Si+. The van der Waals surface area contributed by atoms with E-state index in [9.17, 15) is 4.79 Å². The van der Waals surface area contributed by atoms with Gasteiger partial charge in [-0.2, -0.15) is 0 Å². The Morgan fingerprint density at radius 3 is 2.39 bits per heavy atom. The predicted octanol–water partition coefficient (Wildman–Crippen LogP) is 2.92. The van der Waals surface area contributed by atoms with Crippen molar-refractivity contribution in [2.75, 3.05) is 40.0 Å². The normalized spacial score (nSPS) is 25.3. The molecule has 0 radical (unpaired) electrons. The van der Waals surface area contributed by atoms with E-state index >= 15 is 0 Å². The van der Waals surface area contributed by atoms with Crippen molar-refractivity contribution in [3.63, 3.8) is 0 Å². The van der Waals surface area contributed by atoms with Crippen LogP contribution in [0.3, 0.4) is 0 Å². The summed E-state index contributed by atoms with van der Waals surface area (Å²) >= 11 is 0. The second-order valence-electron chi connectivity index (χ2n) is 8.18. The number of hydrogen-bond acceptors (Lipinski definition) is 2. The SMILES string of the molecule is COc1ccc(C2CN(C(C)=O)CC[N@@+]2(C)C[Si](C)(C)C)cc1. The van der Waals surface area contributed by atoms with Gasteiger partial charge in [0.15, 0.2) is 0 Å². The van der Waals surface area contributed by atoms with E-state index in [4.69, 9.17) is 4.74 Å². The molecule has 1 aromatic carbocycles. The quantitative estimate of drug-likeness (QED) is 0.625. The molecule has 0 bridgehead atoms. The Hall–Kier alpha value is -1.33. The number of piperazine rings is 1. The van der Waals surface area contributed by atoms with Crippen LogP contribution in [0.1, 0.15) is 18.5 Å². The highest BCUT2D eigenvalue weighted by molar-refractivity contribution is 6.76. The second-order valence-corrected chi connectivity index (χ2v) is 13.6. The zero-order valence-corrected chi connectivity index (χ0v) is 16.4. The van der Waals surface area contributed by atoms with Gasteiger partial charge in [0.1, 0.15) is 19.9 Å². The lowest BCUT2D eigenvalue weighted by molar-refractivity contribution is -0.934. The molecule has 5 heteroatoms. The van der Waals surface area contributed by atoms with E-state index in [1.165, 1.54) is 11.7 Å². The Bertz CT molecular complexity index is 553. The molecule has 1 heterocycles. The monoisotopic (exact) mass is 335 g/mol. The van der Waals surface area contributed by atoms with Crippen molar-refractivity contribution in [3.05, 3.63) is 29.8 Å². The molecule has 0 aliphatic carbocycles. The number of methoxy groups -OCH3 is 1. The summed E-state index contributed by atoms with van der Waals surface area (Å²) in [7, 11) is 2.84. The molecular weight excluding hydrogens is 304 g/mol. The zero-order valence-electron chi connectivity index (χ0n) is 15.4. The van der Waals surface area contributed by atoms with E-state index in [1.54, 1.807) is 14.0 Å². The zero-order chi connectivity index (χ0) is 17.3. The molecule has 4 nitrogen and oxygen atoms in total. The minimum atomic E-state index is -1.21. The lowest BCUT2D eigenvalue weighted by atomic mass is 10.0. The lowest BCUT2D eigenvalue weighted by Gasteiger charge is -2.50. The summed E-state index contributed by atoms with van der Waals surface area (Å²) in [6.07, 6.45) is 1.23. The van der Waals surface area contributed by atoms with Gasteiger partial charge in [-0.05, 0) is 24.3 Å². The first-order valence-corrected chi connectivity index (χ1v) is 12.1. The van der Waals surface area contributed by atoms with Crippen LogP contribution in [0.5, 0.6) is 5.75 Å². The van der Waals surface area contributed by atoms with Crippen molar-refractivity contribution >= 4 is 14.0 Å². The van der Waals surface area contributed by atoms with Crippen LogP contribution in [0.2, 0.25) is 19.6 Å². The molecule has 1 unspecified atom stereocenters. The molecule has 23 heavy (non-hydrogen) atoms. The van der Waals surface area contributed by atoms with Gasteiger partial charge in [-0.15, -0.1) is 0 Å². The molecule has 0 saturated carbocycles. The van der Waals surface area contributed by atoms with Gasteiger partial charge in [0.25, 0.3) is 0 Å². The van der Waals surface area contributed by atoms with Crippen molar-refractivity contribution in [1.82, 2.24) is 4.90 Å². The van der Waals surface area contributed by atoms with Crippen molar-refractivity contribution in [2.24, 2.45) is 0 Å². The fourth-order valence-corrected chi connectivity index (χ4v) is 6.40. The number of hydrogen-bond donors (Lipinski definition) is 0. The third-order valence-corrected chi connectivity index (χ3v) is 6.48. The van der Waals surface area contributed by atoms with Gasteiger partial charge >= 0.3 is 0 Å². The third kappa shape index (κ3) is 4.35. The van der Waals surface area contributed by atoms with Crippen molar-refractivity contribution in [2.45, 2.75) is 32.6 Å². The summed E-state index contributed by atoms with van der Waals surface area (Å²) in [6.45, 7) is 11.7. The highest BCUT2D eigenvalue weighted by Crippen LogP contribution is 2.33. The lowest BCUT2D eigenvalue weighted by Crippen LogP contribution is -2.63. The van der Waals surface area contributed by atoms with Gasteiger partial charge in [-0.3, -0.25) is 4.79 Å². The second kappa shape index (κ2) is 6.65. The van der Waals surface area contributed by atoms with Gasteiger partial charge in [-0.25, -0.2) is 0 Å². The van der Waals surface area contributed by atoms with Crippen molar-refractivity contribution in [3.8, 4) is 5.75 Å². The summed E-state index contributed by atoms with van der Waals surface area (Å²) in [4.78, 5) is 13.9. The third-order valence-electron chi connectivity index (χ3n) is 4.81. The summed E-state index contributed by atoms with van der Waals surface area (Å²) in [5.41, 5.74) is 1.30. The molecule has 1 fully saturated rings. The maximum Gasteiger partial charge on any atom is 0.219 e. The van der Waals surface area contributed by atoms with Gasteiger partial charge in [0.2, 0.25) is 5.91 Å². The molecule has 0 N–H and O–H groups in total. The molecule has 2 atom stereocenters. The molecule has 0 spiro atoms. The van der Waals surface area contributed by atoms with E-state index < -0.39 is 8.07 Å². The number of nitrogens with zero attached hydrogens (tertiary/aromatic N) is 2. The maximum atomic E-state index is 11.9. The van der Waals surface area contributed by atoms with E-state index in [-0.39, 0.29) is 5.91 Å². The smallest absolute Gasteiger partial charge is 0.219 e. The Labute approximate surface area is 141 Å². The summed E-state index contributed by atoms with van der Waals surface area (Å²) in [6, 6.07) is 8.72. The highest BCUT2D eigenvalue weighted by Gasteiger charge is 2.43. The topological polar surface area (TPSA) is 29.5 Å². The number of quaternary nitrogens is 1. The number of benzene rings is 1. The average Bonchev–Trinajstić information content (AvgIpc) is 2.45. The Balaban J connectivity index is 2.34. The van der Waals surface area contributed by atoms with Gasteiger partial charge in [-0.1, -0.05) is 19.6 Å². The first kappa shape index (κ1) is 18.0. The number of ether oxygens (including phenoxy) is 1. The fourth-order valence-electron chi connectivity index (χ4n) is 3.85. The predicted molar refractivity (Wildman–Crippen MR) is 97.3 cm³/mol. The van der Waals surface area contributed by atoms with Crippen LogP contribution in [0.25, 0.3) is 0 Å². The van der Waals surface area contributed by atoms with Crippen LogP contribution in [0, 0.1) is 0 Å². The fraction of sp³-hybridized carbons (Fsp3) is 0.611. The number of carbonyl (C=O) groups excluding carboxylic acids is 1. The standard InChI is InChI=1S/C18H31N2O2Si/c1-15(21)19-11-12-20(2,14-23(4,5)6)18(13-19)16-7-9-17(22-3)10-8-16/h7-10,18H,11-14H2,1-6H3/q+1/t18?,20-/m0/s1. The van der Waals surface area contributed by atoms with E-state index in [1.807, 2.05) is 17.0 Å². The van der Waals surface area contributed by atoms with Crippen LogP contribution in [0.15, 0.2) is 24.3 Å². The minimum Gasteiger partial charge on any atom is -0.497 e. The number of amides is 1. The molecule has 1 amide bonds. The summed E-state index contributed by atoms with van der Waals surface area (Å²) in [5, 5.41) is 0. The van der Waals surface area contributed by atoms with Crippen molar-refractivity contribution in [1.29, 1.82) is 0 Å². The van der Waals surface area contributed by atoms with Gasteiger partial charge in [0, 0.05) is 12.5 Å². The van der Waals surface area contributed by atoms with Crippen molar-refractivity contribution < 1.29 is 14.0 Å². The molecule has 1 saturated heterocycles. The van der Waals surface area contributed by atoms with E-state index in [0.717, 1.165) is 29.9 Å². The van der Waals surface area contributed by atoms with Crippen LogP contribution in [-0.2, 0) is 4.79 Å². The molecule has 1 aliphatic rings. The summed E-state index contributed by atoms with van der Waals surface area (Å²) < 4.78 is 6.32. The molecule has 1 aliphatic heterocycles. The van der Waals surface area contributed by atoms with E-state index in [2.05, 4.69) is 38.8 Å². The highest BCUT2D eigenvalue weighted by atomic mass is 28.3. The van der Waals surface area contributed by atoms with Crippen LogP contribution in [-0.4, -0.2) is 63.3 Å². The Morgan fingerprint density at radius 2 is 1.91 bits per heavy atom. The first-order valence-electron chi connectivity index (χ1n) is 8.38. The Kier molecular flexibility index (Phi) is 5.21. The first-order chi connectivity index (χ1) is 10.6. The van der Waals surface area contributed by atoms with Crippen LogP contribution < -0.4 is 4.74 Å². The molecule has 0 aromatic heterocycles. The molecule has 128 valence electrons. The largest absolute Gasteiger partial charge is 0.497 e. The van der Waals surface area contributed by atoms with E-state index in [0.29, 0.717) is 6.04 Å². The van der Waals surface area contributed by atoms with Gasteiger partial charge < -0.3 is 14.1 Å². The number of rotatable bonds is 4.